The van der Waals surface area contributed by atoms with Gasteiger partial charge in [-0.15, -0.1) is 0 Å². The molecule has 0 radical (unpaired) electrons. The quantitative estimate of drug-likeness (QED) is 0.805. The third-order valence-electron chi connectivity index (χ3n) is 5.82. The molecule has 1 aliphatic heterocycles. The second kappa shape index (κ2) is 5.86. The van der Waals surface area contributed by atoms with Crippen LogP contribution in [-0.2, 0) is 10.2 Å². The summed E-state index contributed by atoms with van der Waals surface area (Å²) < 4.78 is 63.3. The van der Waals surface area contributed by atoms with E-state index in [0.717, 1.165) is 25.9 Å². The molecule has 1 spiro atoms. The van der Waals surface area contributed by atoms with E-state index in [4.69, 9.17) is 5.14 Å². The van der Waals surface area contributed by atoms with E-state index in [0.29, 0.717) is 12.8 Å². The summed E-state index contributed by atoms with van der Waals surface area (Å²) in [5, 5.41) is 8.55. The third kappa shape index (κ3) is 3.67. The molecule has 1 heterocycles. The second-order valence-corrected chi connectivity index (χ2v) is 9.04. The van der Waals surface area contributed by atoms with E-state index in [-0.39, 0.29) is 36.8 Å². The van der Waals surface area contributed by atoms with Gasteiger partial charge in [0.05, 0.1) is 5.92 Å². The van der Waals surface area contributed by atoms with Gasteiger partial charge in [0, 0.05) is 25.7 Å². The average Bonchev–Trinajstić information content (AvgIpc) is 2.32. The van der Waals surface area contributed by atoms with Crippen LogP contribution in [0.15, 0.2) is 0 Å². The van der Waals surface area contributed by atoms with Gasteiger partial charge in [0.25, 0.3) is 10.2 Å². The van der Waals surface area contributed by atoms with Crippen LogP contribution < -0.4 is 10.5 Å². The van der Waals surface area contributed by atoms with Crippen LogP contribution in [0.2, 0.25) is 0 Å². The second-order valence-electron chi connectivity index (χ2n) is 7.54. The Morgan fingerprint density at radius 3 is 2.09 bits per heavy atom. The minimum absolute atomic E-state index is 0.0250. The maximum Gasteiger partial charge on any atom is 0.391 e. The maximum absolute atomic E-state index is 12.7. The molecule has 9 heteroatoms. The fourth-order valence-corrected chi connectivity index (χ4v) is 5.28. The number of nitrogens with one attached hydrogen (secondary N) is 1. The molecule has 3 aliphatic rings. The van der Waals surface area contributed by atoms with Crippen molar-refractivity contribution in [1.29, 1.82) is 0 Å². The molecule has 3 N–H and O–H groups in total. The Kier molecular flexibility index (Phi) is 4.44. The highest BCUT2D eigenvalue weighted by Crippen LogP contribution is 2.47. The predicted molar refractivity (Wildman–Crippen MR) is 79.6 cm³/mol. The van der Waals surface area contributed by atoms with Gasteiger partial charge in [-0.1, -0.05) is 0 Å². The number of alkyl halides is 3. The van der Waals surface area contributed by atoms with E-state index >= 15 is 0 Å². The van der Waals surface area contributed by atoms with Crippen LogP contribution in [0.5, 0.6) is 0 Å². The molecule has 2 saturated carbocycles. The van der Waals surface area contributed by atoms with Crippen LogP contribution in [0.1, 0.15) is 38.5 Å². The van der Waals surface area contributed by atoms with Gasteiger partial charge >= 0.3 is 6.18 Å². The first-order valence-corrected chi connectivity index (χ1v) is 9.66. The van der Waals surface area contributed by atoms with Crippen LogP contribution in [0.4, 0.5) is 13.2 Å². The van der Waals surface area contributed by atoms with Crippen molar-refractivity contribution in [1.82, 2.24) is 9.62 Å². The molecule has 2 aliphatic carbocycles. The van der Waals surface area contributed by atoms with Gasteiger partial charge in [-0.2, -0.15) is 25.9 Å². The van der Waals surface area contributed by atoms with Gasteiger partial charge < -0.3 is 5.32 Å². The lowest BCUT2D eigenvalue weighted by Gasteiger charge is -2.56. The van der Waals surface area contributed by atoms with Crippen molar-refractivity contribution in [2.75, 3.05) is 19.6 Å². The lowest BCUT2D eigenvalue weighted by atomic mass is 9.61. The number of hydrogen-bond acceptors (Lipinski definition) is 3. The Labute approximate surface area is 135 Å². The molecule has 1 saturated heterocycles. The summed E-state index contributed by atoms with van der Waals surface area (Å²) in [7, 11) is -3.81. The van der Waals surface area contributed by atoms with E-state index in [1.165, 1.54) is 4.31 Å². The predicted octanol–water partition coefficient (Wildman–Crippen LogP) is 1.61. The minimum atomic E-state index is -4.14. The molecule has 0 aromatic heterocycles. The average molecular weight is 355 g/mol. The zero-order valence-corrected chi connectivity index (χ0v) is 13.8. The summed E-state index contributed by atoms with van der Waals surface area (Å²) in [6, 6.07) is -0.0903. The van der Waals surface area contributed by atoms with Crippen molar-refractivity contribution in [3.8, 4) is 0 Å². The van der Waals surface area contributed by atoms with Crippen LogP contribution in [0, 0.1) is 17.3 Å². The number of halogens is 3. The first kappa shape index (κ1) is 17.4. The smallest absolute Gasteiger partial charge is 0.316 e. The van der Waals surface area contributed by atoms with Crippen LogP contribution in [0.25, 0.3) is 0 Å². The summed E-state index contributed by atoms with van der Waals surface area (Å²) in [6.07, 6.45) is -1.54. The molecule has 0 amide bonds. The van der Waals surface area contributed by atoms with Gasteiger partial charge in [-0.05, 0) is 49.9 Å². The fourth-order valence-electron chi connectivity index (χ4n) is 4.30. The number of rotatable bonds is 4. The summed E-state index contributed by atoms with van der Waals surface area (Å²) in [6.45, 7) is 2.09. The first-order valence-electron chi connectivity index (χ1n) is 8.16. The SMILES string of the molecule is NS(=O)(=O)N(CC1CCC(C(F)(F)F)CC1)C1CC2(CNC2)C1. The lowest BCUT2D eigenvalue weighted by Crippen LogP contribution is -2.66. The molecule has 0 aromatic rings. The van der Waals surface area contributed by atoms with E-state index < -0.39 is 22.3 Å². The molecule has 3 fully saturated rings. The van der Waals surface area contributed by atoms with E-state index in [2.05, 4.69) is 5.32 Å². The molecular weight excluding hydrogens is 331 g/mol. The Morgan fingerprint density at radius 1 is 1.13 bits per heavy atom. The molecule has 0 unspecified atom stereocenters. The zero-order chi connectivity index (χ0) is 16.9. The largest absolute Gasteiger partial charge is 0.391 e. The molecule has 0 aromatic carbocycles. The minimum Gasteiger partial charge on any atom is -0.316 e. The van der Waals surface area contributed by atoms with Crippen molar-refractivity contribution in [3.63, 3.8) is 0 Å². The van der Waals surface area contributed by atoms with Crippen molar-refractivity contribution >= 4 is 10.2 Å². The molecule has 0 bridgehead atoms. The molecular formula is C14H24F3N3O2S. The monoisotopic (exact) mass is 355 g/mol. The number of hydrogen-bond donors (Lipinski definition) is 2. The molecule has 134 valence electrons. The highest BCUT2D eigenvalue weighted by atomic mass is 32.2. The fraction of sp³-hybridized carbons (Fsp3) is 1.00. The van der Waals surface area contributed by atoms with Crippen molar-refractivity contribution in [3.05, 3.63) is 0 Å². The van der Waals surface area contributed by atoms with Gasteiger partial charge in [0.1, 0.15) is 0 Å². The number of nitrogens with zero attached hydrogens (tertiary/aromatic N) is 1. The van der Waals surface area contributed by atoms with Gasteiger partial charge in [0.15, 0.2) is 0 Å². The van der Waals surface area contributed by atoms with Gasteiger partial charge in [0.2, 0.25) is 0 Å². The highest BCUT2D eigenvalue weighted by Gasteiger charge is 2.52. The highest BCUT2D eigenvalue weighted by molar-refractivity contribution is 7.86. The standard InChI is InChI=1S/C14H24F3N3O2S/c15-14(16,17)11-3-1-10(2-4-11)7-20(23(18,21)22)12-5-13(6-12)8-19-9-13/h10-12,19H,1-9H2,(H2,18,21,22). The topological polar surface area (TPSA) is 75.4 Å². The summed E-state index contributed by atoms with van der Waals surface area (Å²) in [5.41, 5.74) is 0.224. The Bertz CT molecular complexity index is 532. The zero-order valence-electron chi connectivity index (χ0n) is 13.0. The van der Waals surface area contributed by atoms with Gasteiger partial charge in [-0.25, -0.2) is 5.14 Å². The van der Waals surface area contributed by atoms with Crippen molar-refractivity contribution < 1.29 is 21.6 Å². The van der Waals surface area contributed by atoms with E-state index in [1.807, 2.05) is 0 Å². The Hall–Kier alpha value is -0.380. The van der Waals surface area contributed by atoms with E-state index in [1.54, 1.807) is 0 Å². The molecule has 0 atom stereocenters. The first-order chi connectivity index (χ1) is 10.6. The van der Waals surface area contributed by atoms with Crippen LogP contribution in [-0.4, -0.2) is 44.6 Å². The lowest BCUT2D eigenvalue weighted by molar-refractivity contribution is -0.184. The summed E-state index contributed by atoms with van der Waals surface area (Å²) in [4.78, 5) is 0. The molecule has 3 rings (SSSR count). The molecule has 23 heavy (non-hydrogen) atoms. The van der Waals surface area contributed by atoms with Crippen molar-refractivity contribution in [2.24, 2.45) is 22.4 Å². The third-order valence-corrected chi connectivity index (χ3v) is 6.92. The van der Waals surface area contributed by atoms with Crippen LogP contribution >= 0.6 is 0 Å². The van der Waals surface area contributed by atoms with Gasteiger partial charge in [-0.3, -0.25) is 0 Å². The van der Waals surface area contributed by atoms with Crippen molar-refractivity contribution in [2.45, 2.75) is 50.7 Å². The van der Waals surface area contributed by atoms with E-state index in [9.17, 15) is 21.6 Å². The molecule has 5 nitrogen and oxygen atoms in total. The summed E-state index contributed by atoms with van der Waals surface area (Å²) in [5.74, 6) is -1.27. The summed E-state index contributed by atoms with van der Waals surface area (Å²) >= 11 is 0. The number of nitrogens with two attached hydrogens (primary N) is 1. The normalized spacial score (nSPS) is 31.9. The van der Waals surface area contributed by atoms with Crippen LogP contribution in [0.3, 0.4) is 0 Å². The Morgan fingerprint density at radius 2 is 1.70 bits per heavy atom. The maximum atomic E-state index is 12.7. The Balaban J connectivity index is 1.56.